The zero-order valence-corrected chi connectivity index (χ0v) is 15.9. The molecule has 0 unspecified atom stereocenters. The summed E-state index contributed by atoms with van der Waals surface area (Å²) in [4.78, 5) is 4.02. The molecule has 0 atom stereocenters. The van der Waals surface area contributed by atoms with Gasteiger partial charge in [-0.25, -0.2) is 0 Å². The van der Waals surface area contributed by atoms with Crippen LogP contribution in [0.4, 0.5) is 0 Å². The van der Waals surface area contributed by atoms with E-state index in [0.29, 0.717) is 0 Å². The minimum absolute atomic E-state index is 0.848. The van der Waals surface area contributed by atoms with E-state index in [-0.39, 0.29) is 0 Å². The largest absolute Gasteiger partial charge is 0.303 e. The highest BCUT2D eigenvalue weighted by Crippen LogP contribution is 2.35. The van der Waals surface area contributed by atoms with E-state index in [9.17, 15) is 0 Å². The lowest BCUT2D eigenvalue weighted by molar-refractivity contribution is 0.343. The highest BCUT2D eigenvalue weighted by atomic mass is 32.2. The van der Waals surface area contributed by atoms with Crippen molar-refractivity contribution >= 4 is 11.8 Å². The summed E-state index contributed by atoms with van der Waals surface area (Å²) >= 11 is 2.07. The van der Waals surface area contributed by atoms with E-state index in [1.807, 2.05) is 0 Å². The van der Waals surface area contributed by atoms with Crippen LogP contribution in [0.15, 0.2) is 53.4 Å². The molecule has 0 amide bonds. The minimum atomic E-state index is 0.848. The average molecular weight is 352 g/mol. The van der Waals surface area contributed by atoms with Gasteiger partial charge in [0.15, 0.2) is 0 Å². The number of nitrogens with zero attached hydrogens (tertiary/aromatic N) is 1. The van der Waals surface area contributed by atoms with Gasteiger partial charge in [-0.1, -0.05) is 49.2 Å². The van der Waals surface area contributed by atoms with Crippen molar-refractivity contribution in [3.63, 3.8) is 0 Å². The molecule has 1 heterocycles. The second-order valence-corrected chi connectivity index (χ2v) is 8.92. The Morgan fingerprint density at radius 3 is 2.00 bits per heavy atom. The van der Waals surface area contributed by atoms with Crippen LogP contribution in [0, 0.1) is 0 Å². The molecule has 0 N–H and O–H groups in total. The molecular formula is C23H29NS. The van der Waals surface area contributed by atoms with Gasteiger partial charge in [-0.3, -0.25) is 0 Å². The van der Waals surface area contributed by atoms with Crippen LogP contribution in [0.3, 0.4) is 0 Å². The first-order valence-electron chi connectivity index (χ1n) is 9.95. The van der Waals surface area contributed by atoms with Crippen molar-refractivity contribution in [2.45, 2.75) is 55.1 Å². The Morgan fingerprint density at radius 1 is 0.760 bits per heavy atom. The molecule has 0 bridgehead atoms. The molecule has 1 saturated heterocycles. The average Bonchev–Trinajstić information content (AvgIpc) is 3.35. The third-order valence-electron chi connectivity index (χ3n) is 5.66. The van der Waals surface area contributed by atoms with E-state index >= 15 is 0 Å². The fourth-order valence-corrected chi connectivity index (χ4v) is 5.33. The van der Waals surface area contributed by atoms with Crippen LogP contribution in [-0.4, -0.2) is 29.8 Å². The Labute approximate surface area is 156 Å². The molecule has 0 spiro atoms. The number of likely N-dealkylation sites (tertiary alicyclic amines) is 1. The van der Waals surface area contributed by atoms with E-state index in [4.69, 9.17) is 0 Å². The van der Waals surface area contributed by atoms with Crippen LogP contribution < -0.4 is 0 Å². The van der Waals surface area contributed by atoms with Crippen molar-refractivity contribution in [3.05, 3.63) is 54.1 Å². The van der Waals surface area contributed by atoms with Crippen LogP contribution >= 0.6 is 11.8 Å². The van der Waals surface area contributed by atoms with E-state index in [0.717, 1.165) is 5.25 Å². The first-order chi connectivity index (χ1) is 12.4. The molecular weight excluding hydrogens is 322 g/mol. The SMILES string of the molecule is c1cc(-c2ccc(SC3CCCC3)cc2)ccc1CCN1CCCC1. The van der Waals surface area contributed by atoms with Gasteiger partial charge < -0.3 is 4.90 Å². The van der Waals surface area contributed by atoms with E-state index < -0.39 is 0 Å². The second-order valence-electron chi connectivity index (χ2n) is 7.54. The smallest absolute Gasteiger partial charge is 0.00944 e. The molecule has 1 saturated carbocycles. The van der Waals surface area contributed by atoms with E-state index in [2.05, 4.69) is 65.2 Å². The Bertz CT molecular complexity index is 649. The van der Waals surface area contributed by atoms with Crippen molar-refractivity contribution in [1.82, 2.24) is 4.90 Å². The van der Waals surface area contributed by atoms with Crippen LogP contribution in [0.1, 0.15) is 44.1 Å². The van der Waals surface area contributed by atoms with Crippen LogP contribution in [-0.2, 0) is 6.42 Å². The lowest BCUT2D eigenvalue weighted by Crippen LogP contribution is -2.21. The number of rotatable bonds is 6. The summed E-state index contributed by atoms with van der Waals surface area (Å²) in [6.45, 7) is 3.80. The lowest BCUT2D eigenvalue weighted by atomic mass is 10.0. The van der Waals surface area contributed by atoms with E-state index in [1.165, 1.54) is 86.2 Å². The molecule has 25 heavy (non-hydrogen) atoms. The molecule has 2 heteroatoms. The summed E-state index contributed by atoms with van der Waals surface area (Å²) in [5.41, 5.74) is 4.13. The van der Waals surface area contributed by atoms with Crippen molar-refractivity contribution in [2.75, 3.05) is 19.6 Å². The van der Waals surface area contributed by atoms with Gasteiger partial charge in [-0.05, 0) is 74.0 Å². The monoisotopic (exact) mass is 351 g/mol. The summed E-state index contributed by atoms with van der Waals surface area (Å²) < 4.78 is 0. The van der Waals surface area contributed by atoms with Gasteiger partial charge in [-0.15, -0.1) is 11.8 Å². The van der Waals surface area contributed by atoms with Crippen LogP contribution in [0.25, 0.3) is 11.1 Å². The molecule has 2 aromatic rings. The maximum absolute atomic E-state index is 2.59. The summed E-state index contributed by atoms with van der Waals surface area (Å²) in [5, 5.41) is 0.848. The second kappa shape index (κ2) is 8.42. The maximum Gasteiger partial charge on any atom is 0.00944 e. The fourth-order valence-electron chi connectivity index (χ4n) is 4.08. The van der Waals surface area contributed by atoms with Crippen molar-refractivity contribution in [3.8, 4) is 11.1 Å². The fraction of sp³-hybridized carbons (Fsp3) is 0.478. The van der Waals surface area contributed by atoms with Gasteiger partial charge in [0, 0.05) is 16.7 Å². The number of hydrogen-bond donors (Lipinski definition) is 0. The normalized spacial score (nSPS) is 18.9. The van der Waals surface area contributed by atoms with Crippen LogP contribution in [0.5, 0.6) is 0 Å². The summed E-state index contributed by atoms with van der Waals surface area (Å²) in [5.74, 6) is 0. The Balaban J connectivity index is 1.34. The van der Waals surface area contributed by atoms with Gasteiger partial charge in [-0.2, -0.15) is 0 Å². The zero-order valence-electron chi connectivity index (χ0n) is 15.1. The summed E-state index contributed by atoms with van der Waals surface area (Å²) in [6.07, 6.45) is 9.56. The first kappa shape index (κ1) is 17.2. The molecule has 4 rings (SSSR count). The Morgan fingerprint density at radius 2 is 1.36 bits per heavy atom. The molecule has 0 aromatic heterocycles. The minimum Gasteiger partial charge on any atom is -0.303 e. The van der Waals surface area contributed by atoms with Gasteiger partial charge in [0.05, 0.1) is 0 Å². The highest BCUT2D eigenvalue weighted by molar-refractivity contribution is 8.00. The molecule has 0 radical (unpaired) electrons. The first-order valence-corrected chi connectivity index (χ1v) is 10.8. The third kappa shape index (κ3) is 4.68. The number of hydrogen-bond acceptors (Lipinski definition) is 2. The molecule has 1 aliphatic carbocycles. The lowest BCUT2D eigenvalue weighted by Gasteiger charge is -2.14. The van der Waals surface area contributed by atoms with Crippen LogP contribution in [0.2, 0.25) is 0 Å². The zero-order chi connectivity index (χ0) is 16.9. The molecule has 2 fully saturated rings. The van der Waals surface area contributed by atoms with Crippen molar-refractivity contribution in [1.29, 1.82) is 0 Å². The molecule has 2 aliphatic rings. The van der Waals surface area contributed by atoms with Gasteiger partial charge in [0.25, 0.3) is 0 Å². The molecule has 1 aliphatic heterocycles. The molecule has 2 aromatic carbocycles. The summed E-state index contributed by atoms with van der Waals surface area (Å²) in [7, 11) is 0. The topological polar surface area (TPSA) is 3.24 Å². The molecule has 1 nitrogen and oxygen atoms in total. The maximum atomic E-state index is 2.59. The highest BCUT2D eigenvalue weighted by Gasteiger charge is 2.16. The summed E-state index contributed by atoms with van der Waals surface area (Å²) in [6, 6.07) is 18.4. The number of benzene rings is 2. The van der Waals surface area contributed by atoms with Gasteiger partial charge in [0.2, 0.25) is 0 Å². The van der Waals surface area contributed by atoms with Gasteiger partial charge in [0.1, 0.15) is 0 Å². The third-order valence-corrected chi connectivity index (χ3v) is 7.01. The number of thioether (sulfide) groups is 1. The quantitative estimate of drug-likeness (QED) is 0.625. The standard InChI is InChI=1S/C23H29NS/c1-2-6-22(5-1)25-23-13-11-21(12-14-23)20-9-7-19(8-10-20)15-18-24-16-3-4-17-24/h7-14,22H,1-6,15-18H2. The van der Waals surface area contributed by atoms with Crippen molar-refractivity contribution < 1.29 is 0 Å². The van der Waals surface area contributed by atoms with E-state index in [1.54, 1.807) is 0 Å². The predicted octanol–water partition coefficient (Wildman–Crippen LogP) is 6.03. The Hall–Kier alpha value is -1.25. The predicted molar refractivity (Wildman–Crippen MR) is 109 cm³/mol. The Kier molecular flexibility index (Phi) is 5.79. The molecule has 132 valence electrons. The van der Waals surface area contributed by atoms with Gasteiger partial charge >= 0.3 is 0 Å². The van der Waals surface area contributed by atoms with Crippen molar-refractivity contribution in [2.24, 2.45) is 0 Å².